The Kier molecular flexibility index (Phi) is 7.35. The number of hydrogen-bond donors (Lipinski definition) is 4. The highest BCUT2D eigenvalue weighted by Gasteiger charge is 2.36. The lowest BCUT2D eigenvalue weighted by Gasteiger charge is -2.19. The van der Waals surface area contributed by atoms with Crippen molar-refractivity contribution in [3.8, 4) is 0 Å². The maximum atomic E-state index is 13.5. The van der Waals surface area contributed by atoms with E-state index in [9.17, 15) is 19.8 Å². The van der Waals surface area contributed by atoms with Gasteiger partial charge in [0.15, 0.2) is 11.5 Å². The normalized spacial score (nSPS) is 14.0. The molecule has 4 aromatic rings. The van der Waals surface area contributed by atoms with Crippen molar-refractivity contribution < 1.29 is 19.8 Å². The topological polar surface area (TPSA) is 106 Å². The number of aromatic amines is 2. The SMILES string of the molecule is CC(C)=CCc1[nH]c2ccccc2c1CC1=C(O)C(=O)C(Cc2c(CC=C(C)C)[nH]c3ccccc23)=C(O)C1=O. The number of H-pyrrole nitrogens is 2. The van der Waals surface area contributed by atoms with Gasteiger partial charge in [-0.2, -0.15) is 0 Å². The minimum absolute atomic E-state index is 0.0304. The van der Waals surface area contributed by atoms with Crippen LogP contribution in [0.3, 0.4) is 0 Å². The summed E-state index contributed by atoms with van der Waals surface area (Å²) in [7, 11) is 0. The summed E-state index contributed by atoms with van der Waals surface area (Å²) in [6.45, 7) is 8.07. The summed E-state index contributed by atoms with van der Waals surface area (Å²) in [5.74, 6) is -2.61. The second-order valence-electron chi connectivity index (χ2n) is 10.9. The van der Waals surface area contributed by atoms with E-state index in [1.54, 1.807) is 0 Å². The number of aromatic nitrogens is 2. The molecule has 2 aromatic carbocycles. The average molecular weight is 535 g/mol. The summed E-state index contributed by atoms with van der Waals surface area (Å²) in [5, 5.41) is 24.0. The first kappa shape index (κ1) is 27.0. The second-order valence-corrected chi connectivity index (χ2v) is 10.9. The molecule has 0 saturated carbocycles. The molecule has 0 atom stereocenters. The summed E-state index contributed by atoms with van der Waals surface area (Å²) in [6.07, 6.45) is 5.46. The molecule has 1 aliphatic carbocycles. The zero-order chi connectivity index (χ0) is 28.6. The summed E-state index contributed by atoms with van der Waals surface area (Å²) in [4.78, 5) is 33.8. The molecule has 0 unspecified atom stereocenters. The molecule has 0 aliphatic heterocycles. The number of aliphatic hydroxyl groups excluding tert-OH is 2. The molecule has 0 radical (unpaired) electrons. The van der Waals surface area contributed by atoms with Crippen LogP contribution in [0, 0.1) is 0 Å². The highest BCUT2D eigenvalue weighted by atomic mass is 16.3. The van der Waals surface area contributed by atoms with Gasteiger partial charge in [-0.15, -0.1) is 0 Å². The molecule has 2 heterocycles. The number of hydrogen-bond acceptors (Lipinski definition) is 4. The molecule has 4 N–H and O–H groups in total. The molecule has 6 heteroatoms. The minimum atomic E-state index is -0.712. The fourth-order valence-corrected chi connectivity index (χ4v) is 5.33. The van der Waals surface area contributed by atoms with Crippen molar-refractivity contribution >= 4 is 33.4 Å². The van der Waals surface area contributed by atoms with Gasteiger partial charge < -0.3 is 20.2 Å². The quantitative estimate of drug-likeness (QED) is 0.141. The number of rotatable bonds is 8. The lowest BCUT2D eigenvalue weighted by molar-refractivity contribution is -0.120. The number of ketones is 2. The van der Waals surface area contributed by atoms with Crippen LogP contribution in [0.1, 0.15) is 50.2 Å². The van der Waals surface area contributed by atoms with Crippen molar-refractivity contribution in [2.45, 2.75) is 53.4 Å². The molecular formula is C34H34N2O4. The van der Waals surface area contributed by atoms with E-state index in [0.29, 0.717) is 12.8 Å². The summed E-state index contributed by atoms with van der Waals surface area (Å²) < 4.78 is 0. The van der Waals surface area contributed by atoms with Gasteiger partial charge in [0.2, 0.25) is 11.6 Å². The molecule has 6 nitrogen and oxygen atoms in total. The number of fused-ring (bicyclic) bond motifs is 2. The fraction of sp³-hybridized carbons (Fsp3) is 0.235. The van der Waals surface area contributed by atoms with Crippen molar-refractivity contribution in [1.29, 1.82) is 0 Å². The van der Waals surface area contributed by atoms with E-state index in [0.717, 1.165) is 55.5 Å². The zero-order valence-corrected chi connectivity index (χ0v) is 23.3. The van der Waals surface area contributed by atoms with E-state index >= 15 is 0 Å². The maximum Gasteiger partial charge on any atom is 0.227 e. The molecular weight excluding hydrogens is 500 g/mol. The van der Waals surface area contributed by atoms with Crippen molar-refractivity contribution in [2.24, 2.45) is 0 Å². The third-order valence-corrected chi connectivity index (χ3v) is 7.49. The van der Waals surface area contributed by atoms with Gasteiger partial charge >= 0.3 is 0 Å². The number of benzene rings is 2. The molecule has 2 aromatic heterocycles. The lowest BCUT2D eigenvalue weighted by Crippen LogP contribution is -2.26. The third-order valence-electron chi connectivity index (χ3n) is 7.49. The number of Topliss-reactive ketones (excluding diaryl/α,β-unsaturated/α-hetero) is 2. The highest BCUT2D eigenvalue weighted by Crippen LogP contribution is 2.33. The smallest absolute Gasteiger partial charge is 0.227 e. The minimum Gasteiger partial charge on any atom is -0.504 e. The van der Waals surface area contributed by atoms with Crippen LogP contribution in [-0.2, 0) is 35.3 Å². The first-order valence-electron chi connectivity index (χ1n) is 13.5. The molecule has 0 amide bonds. The number of allylic oxidation sites excluding steroid dienone is 6. The van der Waals surface area contributed by atoms with E-state index in [-0.39, 0.29) is 24.0 Å². The van der Waals surface area contributed by atoms with Gasteiger partial charge in [0.1, 0.15) is 0 Å². The van der Waals surface area contributed by atoms with Gasteiger partial charge in [-0.05, 0) is 51.0 Å². The van der Waals surface area contributed by atoms with E-state index in [2.05, 4.69) is 22.1 Å². The Bertz CT molecular complexity index is 1650. The molecule has 0 fully saturated rings. The van der Waals surface area contributed by atoms with Gasteiger partial charge in [0.25, 0.3) is 0 Å². The Hall–Kier alpha value is -4.58. The van der Waals surface area contributed by atoms with Crippen LogP contribution >= 0.6 is 0 Å². The van der Waals surface area contributed by atoms with E-state index in [4.69, 9.17) is 0 Å². The van der Waals surface area contributed by atoms with E-state index in [1.807, 2.05) is 76.2 Å². The number of carbonyl (C=O) groups is 2. The van der Waals surface area contributed by atoms with Crippen LogP contribution in [0.25, 0.3) is 21.8 Å². The molecule has 204 valence electrons. The van der Waals surface area contributed by atoms with Gasteiger partial charge in [0, 0.05) is 58.9 Å². The Labute approximate surface area is 233 Å². The second kappa shape index (κ2) is 10.9. The largest absolute Gasteiger partial charge is 0.504 e. The van der Waals surface area contributed by atoms with E-state index < -0.39 is 23.1 Å². The molecule has 0 saturated heterocycles. The fourth-order valence-electron chi connectivity index (χ4n) is 5.33. The average Bonchev–Trinajstić information content (AvgIpc) is 3.47. The number of para-hydroxylation sites is 2. The molecule has 0 spiro atoms. The zero-order valence-electron chi connectivity index (χ0n) is 23.3. The molecule has 40 heavy (non-hydrogen) atoms. The van der Waals surface area contributed by atoms with Crippen molar-refractivity contribution in [2.75, 3.05) is 0 Å². The molecule has 5 rings (SSSR count). The van der Waals surface area contributed by atoms with Gasteiger partial charge in [-0.1, -0.05) is 59.7 Å². The number of nitrogens with one attached hydrogen (secondary N) is 2. The van der Waals surface area contributed by atoms with Crippen molar-refractivity contribution in [1.82, 2.24) is 9.97 Å². The van der Waals surface area contributed by atoms with E-state index in [1.165, 1.54) is 0 Å². The Morgan fingerprint density at radius 3 is 1.40 bits per heavy atom. The predicted octanol–water partition coefficient (Wildman–Crippen LogP) is 7.23. The summed E-state index contributed by atoms with van der Waals surface area (Å²) >= 11 is 0. The molecule has 1 aliphatic rings. The summed E-state index contributed by atoms with van der Waals surface area (Å²) in [6, 6.07) is 15.5. The van der Waals surface area contributed by atoms with Crippen LogP contribution in [0.4, 0.5) is 0 Å². The van der Waals surface area contributed by atoms with Crippen LogP contribution in [-0.4, -0.2) is 31.7 Å². The van der Waals surface area contributed by atoms with Crippen LogP contribution in [0.5, 0.6) is 0 Å². The number of aliphatic hydroxyl groups is 2. The van der Waals surface area contributed by atoms with Crippen LogP contribution in [0.2, 0.25) is 0 Å². The first-order valence-corrected chi connectivity index (χ1v) is 13.5. The number of carbonyl (C=O) groups excluding carboxylic acids is 2. The van der Waals surface area contributed by atoms with Gasteiger partial charge in [0.05, 0.1) is 11.1 Å². The van der Waals surface area contributed by atoms with Gasteiger partial charge in [-0.3, -0.25) is 9.59 Å². The van der Waals surface area contributed by atoms with Gasteiger partial charge in [-0.25, -0.2) is 0 Å². The van der Waals surface area contributed by atoms with Crippen molar-refractivity contribution in [3.05, 3.63) is 117 Å². The molecule has 0 bridgehead atoms. The predicted molar refractivity (Wildman–Crippen MR) is 160 cm³/mol. The van der Waals surface area contributed by atoms with Crippen molar-refractivity contribution in [3.63, 3.8) is 0 Å². The van der Waals surface area contributed by atoms with Crippen LogP contribution < -0.4 is 0 Å². The monoisotopic (exact) mass is 534 g/mol. The first-order chi connectivity index (χ1) is 19.2. The summed E-state index contributed by atoms with van der Waals surface area (Å²) in [5.41, 5.74) is 7.42. The lowest BCUT2D eigenvalue weighted by atomic mass is 9.85. The Balaban J connectivity index is 1.52. The Morgan fingerprint density at radius 1 is 0.650 bits per heavy atom. The Morgan fingerprint density at radius 2 is 1.02 bits per heavy atom. The maximum absolute atomic E-state index is 13.5. The van der Waals surface area contributed by atoms with Crippen LogP contribution in [0.15, 0.2) is 94.5 Å². The third kappa shape index (κ3) is 5.05. The standard InChI is InChI=1S/C34H34N2O4/c1-19(2)13-15-29-23(21-9-5-7-11-27(21)35-29)17-25-31(37)33(39)26(34(40)32(25)38)18-24-22-10-6-8-12-28(22)36-30(24)16-14-20(3)4/h5-14,35-37,40H,15-18H2,1-4H3. The highest BCUT2D eigenvalue weighted by molar-refractivity contribution is 6.23.